The van der Waals surface area contributed by atoms with E-state index in [-0.39, 0.29) is 17.2 Å². The lowest BCUT2D eigenvalue weighted by Gasteiger charge is -2.38. The number of carbonyl (C=O) groups is 2. The van der Waals surface area contributed by atoms with Crippen LogP contribution in [0, 0.1) is 23.5 Å². The van der Waals surface area contributed by atoms with Gasteiger partial charge in [-0.2, -0.15) is 4.39 Å². The van der Waals surface area contributed by atoms with Gasteiger partial charge in [0.05, 0.1) is 11.5 Å². The standard InChI is InChI=1S/C27H28F2N6O3/c28-18-6-4-17(5-7-18)23-21(29)22(34-38-23)25(37)32-20-8-13-35(14-16-2-3-16)15-19(20)24(36)33-27(9-10-27)26-30-11-1-12-31-26/h1,4-7,11-12,16,19-20H,2-3,8-10,13-15H2,(H,32,37)(H,33,36)/t19-,20-/m0/s1. The Balaban J connectivity index is 1.19. The fourth-order valence-electron chi connectivity index (χ4n) is 5.13. The van der Waals surface area contributed by atoms with Crippen molar-refractivity contribution >= 4 is 11.8 Å². The van der Waals surface area contributed by atoms with Crippen molar-refractivity contribution in [1.82, 2.24) is 30.7 Å². The van der Waals surface area contributed by atoms with Gasteiger partial charge in [0, 0.05) is 43.6 Å². The summed E-state index contributed by atoms with van der Waals surface area (Å²) in [6.07, 6.45) is 7.73. The molecule has 3 aliphatic rings. The van der Waals surface area contributed by atoms with Gasteiger partial charge in [0.2, 0.25) is 23.2 Å². The van der Waals surface area contributed by atoms with Gasteiger partial charge in [-0.25, -0.2) is 14.4 Å². The van der Waals surface area contributed by atoms with Crippen LogP contribution >= 0.6 is 0 Å². The van der Waals surface area contributed by atoms with E-state index in [1.54, 1.807) is 18.5 Å². The Kier molecular flexibility index (Phi) is 6.38. The molecule has 11 heteroatoms. The topological polar surface area (TPSA) is 113 Å². The molecule has 0 radical (unpaired) electrons. The first-order chi connectivity index (χ1) is 18.4. The smallest absolute Gasteiger partial charge is 0.276 e. The van der Waals surface area contributed by atoms with Gasteiger partial charge in [0.15, 0.2) is 5.82 Å². The number of benzene rings is 1. The molecule has 1 aromatic carbocycles. The molecule has 2 N–H and O–H groups in total. The molecule has 2 aliphatic carbocycles. The van der Waals surface area contributed by atoms with E-state index >= 15 is 4.39 Å². The van der Waals surface area contributed by atoms with Crippen molar-refractivity contribution in [3.05, 3.63) is 65.9 Å². The number of likely N-dealkylation sites (tertiary alicyclic amines) is 1. The maximum atomic E-state index is 15.1. The molecule has 2 amide bonds. The lowest BCUT2D eigenvalue weighted by Crippen LogP contribution is -2.57. The first kappa shape index (κ1) is 24.6. The molecular formula is C27H28F2N6O3. The Labute approximate surface area is 218 Å². The highest BCUT2D eigenvalue weighted by Gasteiger charge is 2.50. The predicted molar refractivity (Wildman–Crippen MR) is 131 cm³/mol. The van der Waals surface area contributed by atoms with Crippen molar-refractivity contribution in [2.45, 2.75) is 43.7 Å². The second-order valence-electron chi connectivity index (χ2n) is 10.5. The van der Waals surface area contributed by atoms with Gasteiger partial charge in [-0.3, -0.25) is 9.59 Å². The van der Waals surface area contributed by atoms with Crippen LogP contribution in [0.2, 0.25) is 0 Å². The summed E-state index contributed by atoms with van der Waals surface area (Å²) in [6, 6.07) is 6.25. The number of hydrogen-bond acceptors (Lipinski definition) is 7. The van der Waals surface area contributed by atoms with Crippen LogP contribution in [0.15, 0.2) is 47.2 Å². The van der Waals surface area contributed by atoms with Crippen molar-refractivity contribution in [1.29, 1.82) is 0 Å². The largest absolute Gasteiger partial charge is 0.352 e. The zero-order valence-electron chi connectivity index (χ0n) is 20.7. The number of rotatable bonds is 8. The number of piperidine rings is 1. The van der Waals surface area contributed by atoms with Crippen molar-refractivity contribution < 1.29 is 22.9 Å². The van der Waals surface area contributed by atoms with Crippen LogP contribution < -0.4 is 10.6 Å². The first-order valence-electron chi connectivity index (χ1n) is 13.0. The number of amides is 2. The number of nitrogens with one attached hydrogen (secondary N) is 2. The minimum atomic E-state index is -0.931. The molecule has 0 spiro atoms. The highest BCUT2D eigenvalue weighted by Crippen LogP contribution is 2.44. The Hall–Kier alpha value is -3.73. The van der Waals surface area contributed by atoms with Crippen molar-refractivity contribution in [3.63, 3.8) is 0 Å². The average molecular weight is 523 g/mol. The van der Waals surface area contributed by atoms with Crippen LogP contribution in [0.4, 0.5) is 8.78 Å². The molecular weight excluding hydrogens is 494 g/mol. The number of halogens is 2. The van der Waals surface area contributed by atoms with E-state index in [0.29, 0.717) is 24.7 Å². The van der Waals surface area contributed by atoms with Crippen LogP contribution in [0.5, 0.6) is 0 Å². The van der Waals surface area contributed by atoms with Crippen LogP contribution in [-0.2, 0) is 10.3 Å². The molecule has 2 saturated carbocycles. The maximum absolute atomic E-state index is 15.1. The van der Waals surface area contributed by atoms with Crippen LogP contribution in [-0.4, -0.2) is 57.5 Å². The summed E-state index contributed by atoms with van der Waals surface area (Å²) in [6.45, 7) is 2.14. The summed E-state index contributed by atoms with van der Waals surface area (Å²) < 4.78 is 33.4. The molecule has 0 unspecified atom stereocenters. The Morgan fingerprint density at radius 2 is 1.82 bits per heavy atom. The van der Waals surface area contributed by atoms with Crippen LogP contribution in [0.3, 0.4) is 0 Å². The molecule has 38 heavy (non-hydrogen) atoms. The third-order valence-electron chi connectivity index (χ3n) is 7.63. The minimum Gasteiger partial charge on any atom is -0.352 e. The van der Waals surface area contributed by atoms with E-state index in [1.807, 2.05) is 0 Å². The summed E-state index contributed by atoms with van der Waals surface area (Å²) in [4.78, 5) is 37.6. The fraction of sp³-hybridized carbons (Fsp3) is 0.444. The summed E-state index contributed by atoms with van der Waals surface area (Å²) in [7, 11) is 0. The third-order valence-corrected chi connectivity index (χ3v) is 7.63. The van der Waals surface area contributed by atoms with Gasteiger partial charge in [0.25, 0.3) is 5.91 Å². The van der Waals surface area contributed by atoms with Gasteiger partial charge >= 0.3 is 0 Å². The number of hydrogen-bond donors (Lipinski definition) is 2. The number of nitrogens with zero attached hydrogens (tertiary/aromatic N) is 4. The normalized spacial score (nSPS) is 22.6. The van der Waals surface area contributed by atoms with Crippen LogP contribution in [0.25, 0.3) is 11.3 Å². The third kappa shape index (κ3) is 5.02. The summed E-state index contributed by atoms with van der Waals surface area (Å²) >= 11 is 0. The second kappa shape index (κ2) is 9.86. The SMILES string of the molecule is O=C(N[C@H]1CCN(CC2CC2)C[C@@H]1C(=O)NC1(c2ncccn2)CC1)c1noc(-c2ccc(F)cc2)c1F. The van der Waals surface area contributed by atoms with Gasteiger partial charge in [-0.1, -0.05) is 5.16 Å². The van der Waals surface area contributed by atoms with Crippen molar-refractivity contribution in [3.8, 4) is 11.3 Å². The number of carbonyl (C=O) groups excluding carboxylic acids is 2. The Bertz CT molecular complexity index is 1320. The summed E-state index contributed by atoms with van der Waals surface area (Å²) in [5, 5.41) is 9.62. The zero-order chi connectivity index (χ0) is 26.3. The van der Waals surface area contributed by atoms with Crippen molar-refractivity contribution in [2.24, 2.45) is 11.8 Å². The Morgan fingerprint density at radius 1 is 1.08 bits per heavy atom. The van der Waals surface area contributed by atoms with Gasteiger partial charge in [-0.15, -0.1) is 0 Å². The van der Waals surface area contributed by atoms with Gasteiger partial charge < -0.3 is 20.1 Å². The predicted octanol–water partition coefficient (Wildman–Crippen LogP) is 3.05. The quantitative estimate of drug-likeness (QED) is 0.468. The van der Waals surface area contributed by atoms with E-state index in [0.717, 1.165) is 25.9 Å². The molecule has 3 heterocycles. The van der Waals surface area contributed by atoms with Gasteiger partial charge in [0.1, 0.15) is 5.82 Å². The first-order valence-corrected chi connectivity index (χ1v) is 13.0. The molecule has 198 valence electrons. The fourth-order valence-corrected chi connectivity index (χ4v) is 5.13. The van der Waals surface area contributed by atoms with E-state index < -0.39 is 40.7 Å². The molecule has 3 fully saturated rings. The monoisotopic (exact) mass is 522 g/mol. The van der Waals surface area contributed by atoms with Crippen LogP contribution in [0.1, 0.15) is 48.4 Å². The molecule has 6 rings (SSSR count). The molecule has 2 aromatic heterocycles. The zero-order valence-corrected chi connectivity index (χ0v) is 20.7. The lowest BCUT2D eigenvalue weighted by atomic mass is 9.90. The molecule has 1 saturated heterocycles. The molecule has 0 bridgehead atoms. The molecule has 3 aromatic rings. The van der Waals surface area contributed by atoms with Crippen molar-refractivity contribution in [2.75, 3.05) is 19.6 Å². The summed E-state index contributed by atoms with van der Waals surface area (Å²) in [5.41, 5.74) is -0.826. The Morgan fingerprint density at radius 3 is 2.50 bits per heavy atom. The molecule has 9 nitrogen and oxygen atoms in total. The molecule has 1 aliphatic heterocycles. The number of aromatic nitrogens is 3. The highest BCUT2D eigenvalue weighted by atomic mass is 19.1. The van der Waals surface area contributed by atoms with Gasteiger partial charge in [-0.05, 0) is 68.4 Å². The lowest BCUT2D eigenvalue weighted by molar-refractivity contribution is -0.128. The average Bonchev–Trinajstić information content (AvgIpc) is 3.86. The second-order valence-corrected chi connectivity index (χ2v) is 10.5. The minimum absolute atomic E-state index is 0.187. The van der Waals surface area contributed by atoms with E-state index in [4.69, 9.17) is 4.52 Å². The van der Waals surface area contributed by atoms with E-state index in [1.165, 1.54) is 37.1 Å². The highest BCUT2D eigenvalue weighted by molar-refractivity contribution is 5.94. The van der Waals surface area contributed by atoms with E-state index in [9.17, 15) is 14.0 Å². The van der Waals surface area contributed by atoms with E-state index in [2.05, 4.69) is 30.7 Å². The summed E-state index contributed by atoms with van der Waals surface area (Å²) in [5.74, 6) is -1.90. The molecule has 2 atom stereocenters. The maximum Gasteiger partial charge on any atom is 0.276 e.